The number of nitrogens with zero attached hydrogens (tertiary/aromatic N) is 2. The Balaban J connectivity index is 2.90. The van der Waals surface area contributed by atoms with Gasteiger partial charge in [-0.1, -0.05) is 11.6 Å². The van der Waals surface area contributed by atoms with Gasteiger partial charge in [0.1, 0.15) is 0 Å². The summed E-state index contributed by atoms with van der Waals surface area (Å²) in [5, 5.41) is 4.65. The number of rotatable bonds is 6. The summed E-state index contributed by atoms with van der Waals surface area (Å²) >= 11 is 6.09. The molecule has 1 aromatic rings. The molecule has 0 aliphatic carbocycles. The molecule has 1 rings (SSSR count). The van der Waals surface area contributed by atoms with Crippen LogP contribution in [0.1, 0.15) is 31.7 Å². The Morgan fingerprint density at radius 2 is 2.11 bits per heavy atom. The zero-order valence-corrected chi connectivity index (χ0v) is 12.6. The van der Waals surface area contributed by atoms with Crippen LogP contribution in [0.5, 0.6) is 0 Å². The first-order valence-corrected chi connectivity index (χ1v) is 8.14. The molecule has 1 heterocycles. The highest BCUT2D eigenvalue weighted by atomic mass is 35.5. The van der Waals surface area contributed by atoms with Gasteiger partial charge in [0.15, 0.2) is 9.84 Å². The average Bonchev–Trinajstić information content (AvgIpc) is 2.54. The van der Waals surface area contributed by atoms with E-state index in [4.69, 9.17) is 17.3 Å². The van der Waals surface area contributed by atoms with Crippen LogP contribution in [-0.2, 0) is 22.1 Å². The molecule has 1 atom stereocenters. The third kappa shape index (κ3) is 3.96. The molecule has 0 aliphatic rings. The van der Waals surface area contributed by atoms with E-state index in [0.29, 0.717) is 29.4 Å². The summed E-state index contributed by atoms with van der Waals surface area (Å²) in [4.78, 5) is 0. The molecular weight excluding hydrogens is 274 g/mol. The molecule has 0 aliphatic heterocycles. The lowest BCUT2D eigenvalue weighted by Crippen LogP contribution is -2.21. The van der Waals surface area contributed by atoms with Gasteiger partial charge in [-0.05, 0) is 27.2 Å². The molecule has 0 amide bonds. The van der Waals surface area contributed by atoms with E-state index in [1.807, 2.05) is 6.92 Å². The third-order valence-electron chi connectivity index (χ3n) is 2.69. The first-order valence-electron chi connectivity index (χ1n) is 5.94. The Morgan fingerprint density at radius 1 is 1.50 bits per heavy atom. The molecule has 18 heavy (non-hydrogen) atoms. The topological polar surface area (TPSA) is 78.0 Å². The van der Waals surface area contributed by atoms with Crippen molar-refractivity contribution >= 4 is 21.4 Å². The second-order valence-corrected chi connectivity index (χ2v) is 7.08. The van der Waals surface area contributed by atoms with Crippen LogP contribution in [0.2, 0.25) is 5.02 Å². The highest BCUT2D eigenvalue weighted by Gasteiger charge is 2.20. The predicted octanol–water partition coefficient (Wildman–Crippen LogP) is 1.52. The second kappa shape index (κ2) is 6.04. The van der Waals surface area contributed by atoms with Gasteiger partial charge in [-0.2, -0.15) is 5.10 Å². The lowest BCUT2D eigenvalue weighted by Gasteiger charge is -2.08. The Labute approximate surface area is 113 Å². The number of aromatic nitrogens is 2. The van der Waals surface area contributed by atoms with Gasteiger partial charge < -0.3 is 5.73 Å². The molecule has 0 bridgehead atoms. The maximum atomic E-state index is 12.0. The molecule has 0 aromatic carbocycles. The molecule has 5 nitrogen and oxygen atoms in total. The minimum atomic E-state index is -3.20. The Bertz CT molecular complexity index is 509. The van der Waals surface area contributed by atoms with Gasteiger partial charge in [0.25, 0.3) is 0 Å². The molecular formula is C11H20ClN3O2S. The predicted molar refractivity (Wildman–Crippen MR) is 73.4 cm³/mol. The fraction of sp³-hybridized carbons (Fsp3) is 0.727. The molecule has 0 saturated carbocycles. The number of halogens is 1. The number of hydrogen-bond acceptors (Lipinski definition) is 4. The van der Waals surface area contributed by atoms with Crippen LogP contribution in [0.25, 0.3) is 0 Å². The summed E-state index contributed by atoms with van der Waals surface area (Å²) < 4.78 is 25.6. The molecule has 0 saturated heterocycles. The fourth-order valence-corrected chi connectivity index (χ4v) is 3.52. The Hall–Kier alpha value is -0.590. The maximum absolute atomic E-state index is 12.0. The van der Waals surface area contributed by atoms with Gasteiger partial charge in [-0.25, -0.2) is 8.42 Å². The Morgan fingerprint density at radius 3 is 2.61 bits per heavy atom. The molecule has 1 unspecified atom stereocenters. The molecule has 7 heteroatoms. The quantitative estimate of drug-likeness (QED) is 0.862. The number of nitrogens with two attached hydrogens (primary N) is 1. The molecule has 104 valence electrons. The van der Waals surface area contributed by atoms with Crippen molar-refractivity contribution in [2.75, 3.05) is 5.75 Å². The van der Waals surface area contributed by atoms with E-state index in [-0.39, 0.29) is 17.5 Å². The summed E-state index contributed by atoms with van der Waals surface area (Å²) in [6.45, 7) is 6.07. The molecule has 1 aromatic heterocycles. The van der Waals surface area contributed by atoms with Crippen LogP contribution < -0.4 is 5.73 Å². The van der Waals surface area contributed by atoms with Crippen LogP contribution in [-0.4, -0.2) is 30.0 Å². The van der Waals surface area contributed by atoms with E-state index in [9.17, 15) is 8.42 Å². The SMILES string of the molecule is CCn1nc(C)c(Cl)c1CS(=O)(=O)CCC(C)N. The highest BCUT2D eigenvalue weighted by Crippen LogP contribution is 2.22. The minimum absolute atomic E-state index is 0.0762. The van der Waals surface area contributed by atoms with E-state index in [1.54, 1.807) is 18.5 Å². The normalized spacial score (nSPS) is 13.8. The first-order chi connectivity index (χ1) is 8.26. The van der Waals surface area contributed by atoms with Crippen LogP contribution in [0.4, 0.5) is 0 Å². The van der Waals surface area contributed by atoms with Crippen molar-refractivity contribution in [3.63, 3.8) is 0 Å². The van der Waals surface area contributed by atoms with Crippen molar-refractivity contribution < 1.29 is 8.42 Å². The average molecular weight is 294 g/mol. The van der Waals surface area contributed by atoms with Gasteiger partial charge in [-0.15, -0.1) is 0 Å². The third-order valence-corrected chi connectivity index (χ3v) is 4.76. The molecule has 0 fully saturated rings. The first kappa shape index (κ1) is 15.5. The molecule has 0 radical (unpaired) electrons. The molecule has 0 spiro atoms. The van der Waals surface area contributed by atoms with E-state index in [1.165, 1.54) is 0 Å². The maximum Gasteiger partial charge on any atom is 0.156 e. The lowest BCUT2D eigenvalue weighted by atomic mass is 10.3. The minimum Gasteiger partial charge on any atom is -0.328 e. The van der Waals surface area contributed by atoms with E-state index in [2.05, 4.69) is 5.10 Å². The van der Waals surface area contributed by atoms with Crippen molar-refractivity contribution in [3.05, 3.63) is 16.4 Å². The summed E-state index contributed by atoms with van der Waals surface area (Å²) in [6.07, 6.45) is 0.458. The zero-order chi connectivity index (χ0) is 13.9. The molecule has 2 N–H and O–H groups in total. The lowest BCUT2D eigenvalue weighted by molar-refractivity contribution is 0.578. The van der Waals surface area contributed by atoms with E-state index in [0.717, 1.165) is 0 Å². The number of sulfone groups is 1. The van der Waals surface area contributed by atoms with Crippen LogP contribution >= 0.6 is 11.6 Å². The van der Waals surface area contributed by atoms with Crippen molar-refractivity contribution in [3.8, 4) is 0 Å². The largest absolute Gasteiger partial charge is 0.328 e. The standard InChI is InChI=1S/C11H20ClN3O2S/c1-4-15-10(11(12)9(3)14-15)7-18(16,17)6-5-8(2)13/h8H,4-7,13H2,1-3H3. The zero-order valence-electron chi connectivity index (χ0n) is 11.0. The van der Waals surface area contributed by atoms with Crippen molar-refractivity contribution in [2.45, 2.75) is 45.5 Å². The summed E-state index contributed by atoms with van der Waals surface area (Å²) in [6, 6.07) is -0.118. The monoisotopic (exact) mass is 293 g/mol. The van der Waals surface area contributed by atoms with Gasteiger partial charge in [0.2, 0.25) is 0 Å². The van der Waals surface area contributed by atoms with Crippen LogP contribution in [0.3, 0.4) is 0 Å². The van der Waals surface area contributed by atoms with Gasteiger partial charge in [0.05, 0.1) is 27.9 Å². The summed E-state index contributed by atoms with van der Waals surface area (Å²) in [7, 11) is -3.20. The van der Waals surface area contributed by atoms with Gasteiger partial charge in [0, 0.05) is 12.6 Å². The van der Waals surface area contributed by atoms with Gasteiger partial charge >= 0.3 is 0 Å². The summed E-state index contributed by atoms with van der Waals surface area (Å²) in [5.74, 6) is 0.00215. The van der Waals surface area contributed by atoms with Crippen molar-refractivity contribution in [1.29, 1.82) is 0 Å². The van der Waals surface area contributed by atoms with Gasteiger partial charge in [-0.3, -0.25) is 4.68 Å². The smallest absolute Gasteiger partial charge is 0.156 e. The highest BCUT2D eigenvalue weighted by molar-refractivity contribution is 7.90. The number of aryl methyl sites for hydroxylation is 2. The summed E-state index contributed by atoms with van der Waals surface area (Å²) in [5.41, 5.74) is 6.81. The van der Waals surface area contributed by atoms with Crippen LogP contribution in [0.15, 0.2) is 0 Å². The number of hydrogen-bond donors (Lipinski definition) is 1. The van der Waals surface area contributed by atoms with E-state index < -0.39 is 9.84 Å². The van der Waals surface area contributed by atoms with Crippen LogP contribution in [0, 0.1) is 6.92 Å². The van der Waals surface area contributed by atoms with Crippen molar-refractivity contribution in [1.82, 2.24) is 9.78 Å². The fourth-order valence-electron chi connectivity index (χ4n) is 1.65. The van der Waals surface area contributed by atoms with Crippen molar-refractivity contribution in [2.24, 2.45) is 5.73 Å². The Kier molecular flexibility index (Phi) is 5.19. The second-order valence-electron chi connectivity index (χ2n) is 4.52. The van der Waals surface area contributed by atoms with E-state index >= 15 is 0 Å².